The fourth-order valence-electron chi connectivity index (χ4n) is 1.95. The van der Waals surface area contributed by atoms with Gasteiger partial charge in [-0.1, -0.05) is 12.2 Å². The van der Waals surface area contributed by atoms with Crippen LogP contribution in [0, 0.1) is 0 Å². The van der Waals surface area contributed by atoms with Crippen LogP contribution in [0.5, 0.6) is 0 Å². The molecule has 0 radical (unpaired) electrons. The average Bonchev–Trinajstić information content (AvgIpc) is 2.58. The van der Waals surface area contributed by atoms with Crippen molar-refractivity contribution in [2.45, 2.75) is 25.5 Å². The number of aliphatic hydroxyl groups excluding tert-OH is 1. The summed E-state index contributed by atoms with van der Waals surface area (Å²) in [6.45, 7) is 5.92. The van der Waals surface area contributed by atoms with Gasteiger partial charge in [-0.3, -0.25) is 0 Å². The van der Waals surface area contributed by atoms with Crippen molar-refractivity contribution in [2.75, 3.05) is 20.1 Å². The summed E-state index contributed by atoms with van der Waals surface area (Å²) in [6.07, 6.45) is -0.680. The third kappa shape index (κ3) is 3.20. The monoisotopic (exact) mass is 242 g/mol. The molecule has 2 atom stereocenters. The summed E-state index contributed by atoms with van der Waals surface area (Å²) in [5.41, 5.74) is 0.812. The number of aliphatic hydroxyl groups is 1. The number of likely N-dealkylation sites (N-methyl/N-ethyl adjacent to an activating group) is 1. The fourth-order valence-corrected chi connectivity index (χ4v) is 1.95. The molecule has 6 heteroatoms. The number of likely N-dealkylation sites (tertiary alicyclic amines) is 1. The molecule has 17 heavy (non-hydrogen) atoms. The SMILES string of the molecule is C=C(C)CN(C)C(=O)N1C[C@@H](O)C[C@H]1C(=O)O. The van der Waals surface area contributed by atoms with E-state index in [0.717, 1.165) is 5.57 Å². The lowest BCUT2D eigenvalue weighted by molar-refractivity contribution is -0.141. The molecule has 2 N–H and O–H groups in total. The van der Waals surface area contributed by atoms with Crippen molar-refractivity contribution in [1.82, 2.24) is 9.80 Å². The number of carboxylic acids is 1. The number of carbonyl (C=O) groups is 2. The Morgan fingerprint density at radius 2 is 2.12 bits per heavy atom. The Hall–Kier alpha value is -1.56. The lowest BCUT2D eigenvalue weighted by atomic mass is 10.2. The Balaban J connectivity index is 2.73. The van der Waals surface area contributed by atoms with Gasteiger partial charge in [0.15, 0.2) is 0 Å². The average molecular weight is 242 g/mol. The van der Waals surface area contributed by atoms with Crippen LogP contribution < -0.4 is 0 Å². The van der Waals surface area contributed by atoms with E-state index in [1.54, 1.807) is 14.0 Å². The van der Waals surface area contributed by atoms with Gasteiger partial charge in [-0.05, 0) is 6.92 Å². The standard InChI is InChI=1S/C11H18N2O4/c1-7(2)5-12(3)11(17)13-6-8(14)4-9(13)10(15)16/h8-9,14H,1,4-6H2,2-3H3,(H,15,16)/t8-,9-/m0/s1. The molecule has 0 aromatic carbocycles. The summed E-state index contributed by atoms with van der Waals surface area (Å²) in [4.78, 5) is 25.5. The third-order valence-corrected chi connectivity index (χ3v) is 2.64. The smallest absolute Gasteiger partial charge is 0.326 e. The number of urea groups is 1. The lowest BCUT2D eigenvalue weighted by Gasteiger charge is -2.27. The van der Waals surface area contributed by atoms with E-state index in [-0.39, 0.29) is 13.0 Å². The van der Waals surface area contributed by atoms with Crippen molar-refractivity contribution in [3.05, 3.63) is 12.2 Å². The van der Waals surface area contributed by atoms with Gasteiger partial charge in [0.25, 0.3) is 0 Å². The van der Waals surface area contributed by atoms with Gasteiger partial charge >= 0.3 is 12.0 Å². The van der Waals surface area contributed by atoms with E-state index in [1.165, 1.54) is 9.80 Å². The van der Waals surface area contributed by atoms with Crippen molar-refractivity contribution < 1.29 is 19.8 Å². The molecule has 6 nitrogen and oxygen atoms in total. The zero-order chi connectivity index (χ0) is 13.2. The second kappa shape index (κ2) is 5.18. The molecule has 0 bridgehead atoms. The van der Waals surface area contributed by atoms with Gasteiger partial charge in [0.2, 0.25) is 0 Å². The van der Waals surface area contributed by atoms with Gasteiger partial charge in [-0.15, -0.1) is 0 Å². The quantitative estimate of drug-likeness (QED) is 0.689. The summed E-state index contributed by atoms with van der Waals surface area (Å²) >= 11 is 0. The normalized spacial score (nSPS) is 23.6. The highest BCUT2D eigenvalue weighted by Crippen LogP contribution is 2.19. The highest BCUT2D eigenvalue weighted by molar-refractivity contribution is 5.83. The molecule has 2 amide bonds. The summed E-state index contributed by atoms with van der Waals surface area (Å²) in [5.74, 6) is -1.08. The number of carbonyl (C=O) groups excluding carboxylic acids is 1. The fraction of sp³-hybridized carbons (Fsp3) is 0.636. The Kier molecular flexibility index (Phi) is 4.11. The molecule has 0 unspecified atom stereocenters. The van der Waals surface area contributed by atoms with E-state index in [1.807, 2.05) is 0 Å². The number of hydrogen-bond donors (Lipinski definition) is 2. The Labute approximate surface area is 100 Å². The molecule has 1 heterocycles. The topological polar surface area (TPSA) is 81.1 Å². The van der Waals surface area contributed by atoms with E-state index in [0.29, 0.717) is 6.54 Å². The van der Waals surface area contributed by atoms with Crippen LogP contribution in [-0.4, -0.2) is 64.3 Å². The van der Waals surface area contributed by atoms with Crippen LogP contribution in [0.1, 0.15) is 13.3 Å². The predicted octanol–water partition coefficient (Wildman–Crippen LogP) is 0.134. The van der Waals surface area contributed by atoms with Crippen LogP contribution >= 0.6 is 0 Å². The predicted molar refractivity (Wildman–Crippen MR) is 61.6 cm³/mol. The number of nitrogens with zero attached hydrogens (tertiary/aromatic N) is 2. The third-order valence-electron chi connectivity index (χ3n) is 2.64. The molecule has 1 aliphatic heterocycles. The molecule has 0 spiro atoms. The molecule has 0 aromatic rings. The highest BCUT2D eigenvalue weighted by Gasteiger charge is 2.39. The molecule has 1 fully saturated rings. The number of hydrogen-bond acceptors (Lipinski definition) is 3. The van der Waals surface area contributed by atoms with E-state index < -0.39 is 24.1 Å². The van der Waals surface area contributed by atoms with Crippen LogP contribution in [0.4, 0.5) is 4.79 Å². The largest absolute Gasteiger partial charge is 0.480 e. The first-order valence-electron chi connectivity index (χ1n) is 5.40. The highest BCUT2D eigenvalue weighted by atomic mass is 16.4. The zero-order valence-electron chi connectivity index (χ0n) is 10.1. The van der Waals surface area contributed by atoms with E-state index in [2.05, 4.69) is 6.58 Å². The molecule has 0 aliphatic carbocycles. The van der Waals surface area contributed by atoms with Gasteiger partial charge in [0.1, 0.15) is 6.04 Å². The zero-order valence-corrected chi connectivity index (χ0v) is 10.1. The molecule has 1 aliphatic rings. The van der Waals surface area contributed by atoms with Gasteiger partial charge < -0.3 is 20.0 Å². The summed E-state index contributed by atoms with van der Waals surface area (Å²) in [5, 5.41) is 18.4. The van der Waals surface area contributed by atoms with Crippen molar-refractivity contribution >= 4 is 12.0 Å². The second-order valence-corrected chi connectivity index (χ2v) is 4.49. The molecule has 1 saturated heterocycles. The van der Waals surface area contributed by atoms with E-state index in [9.17, 15) is 14.7 Å². The minimum absolute atomic E-state index is 0.0658. The Bertz CT molecular complexity index is 342. The van der Waals surface area contributed by atoms with Crippen LogP contribution in [0.3, 0.4) is 0 Å². The van der Waals surface area contributed by atoms with Crippen LogP contribution in [-0.2, 0) is 4.79 Å². The van der Waals surface area contributed by atoms with Crippen molar-refractivity contribution in [3.8, 4) is 0 Å². The molecule has 96 valence electrons. The first-order valence-corrected chi connectivity index (χ1v) is 5.40. The maximum absolute atomic E-state index is 12.0. The molecule has 0 saturated carbocycles. The van der Waals surface area contributed by atoms with Gasteiger partial charge in [0, 0.05) is 26.6 Å². The first-order chi connectivity index (χ1) is 7.82. The van der Waals surface area contributed by atoms with Crippen molar-refractivity contribution in [1.29, 1.82) is 0 Å². The lowest BCUT2D eigenvalue weighted by Crippen LogP contribution is -2.47. The number of carboxylic acid groups (broad SMARTS) is 1. The van der Waals surface area contributed by atoms with Gasteiger partial charge in [-0.2, -0.15) is 0 Å². The maximum atomic E-state index is 12.0. The molecule has 0 aromatic heterocycles. The summed E-state index contributed by atoms with van der Waals surface area (Å²) in [6, 6.07) is -1.33. The number of aliphatic carboxylic acids is 1. The van der Waals surface area contributed by atoms with Crippen molar-refractivity contribution in [3.63, 3.8) is 0 Å². The maximum Gasteiger partial charge on any atom is 0.326 e. The second-order valence-electron chi connectivity index (χ2n) is 4.49. The molecular formula is C11H18N2O4. The molecular weight excluding hydrogens is 224 g/mol. The summed E-state index contributed by atoms with van der Waals surface area (Å²) in [7, 11) is 1.58. The van der Waals surface area contributed by atoms with Crippen LogP contribution in [0.2, 0.25) is 0 Å². The van der Waals surface area contributed by atoms with E-state index in [4.69, 9.17) is 5.11 Å². The molecule has 1 rings (SSSR count). The van der Waals surface area contributed by atoms with Gasteiger partial charge in [0.05, 0.1) is 6.10 Å². The van der Waals surface area contributed by atoms with Crippen LogP contribution in [0.25, 0.3) is 0 Å². The first kappa shape index (κ1) is 13.5. The van der Waals surface area contributed by atoms with Crippen molar-refractivity contribution in [2.24, 2.45) is 0 Å². The number of rotatable bonds is 3. The Morgan fingerprint density at radius 3 is 2.59 bits per heavy atom. The minimum Gasteiger partial charge on any atom is -0.480 e. The van der Waals surface area contributed by atoms with Gasteiger partial charge in [-0.25, -0.2) is 9.59 Å². The minimum atomic E-state index is -1.08. The number of β-amino-alcohol motifs (C(OH)–C–C–N with tert-alkyl or cyclic N) is 1. The number of amides is 2. The van der Waals surface area contributed by atoms with E-state index >= 15 is 0 Å². The Morgan fingerprint density at radius 1 is 1.53 bits per heavy atom. The van der Waals surface area contributed by atoms with Crippen LogP contribution in [0.15, 0.2) is 12.2 Å². The summed E-state index contributed by atoms with van der Waals surface area (Å²) < 4.78 is 0.